The normalized spacial score (nSPS) is 12.1. The lowest BCUT2D eigenvalue weighted by Gasteiger charge is -2.01. The van der Waals surface area contributed by atoms with Gasteiger partial charge in [-0.05, 0) is 0 Å². The summed E-state index contributed by atoms with van der Waals surface area (Å²) < 4.78 is 40.8. The third-order valence-corrected chi connectivity index (χ3v) is 1.26. The first-order chi connectivity index (χ1) is 5.45. The molecule has 0 aromatic carbocycles. The van der Waals surface area contributed by atoms with Crippen LogP contribution in [0.3, 0.4) is 0 Å². The van der Waals surface area contributed by atoms with Gasteiger partial charge in [0.2, 0.25) is 0 Å². The largest absolute Gasteiger partial charge is 0.444 e. The number of hydrogen-bond acceptors (Lipinski definition) is 3. The molecule has 0 saturated carbocycles. The molecule has 1 heterocycles. The first-order valence-electron chi connectivity index (χ1n) is 3.18. The van der Waals surface area contributed by atoms with Crippen LogP contribution in [0.25, 0.3) is 0 Å². The van der Waals surface area contributed by atoms with Crippen LogP contribution < -0.4 is 5.73 Å². The van der Waals surface area contributed by atoms with Gasteiger partial charge in [-0.25, -0.2) is 4.98 Å². The van der Waals surface area contributed by atoms with Crippen LogP contribution in [-0.2, 0) is 12.7 Å². The highest BCUT2D eigenvalue weighted by atomic mass is 19.4. The van der Waals surface area contributed by atoms with Crippen LogP contribution >= 0.6 is 0 Å². The van der Waals surface area contributed by atoms with E-state index >= 15 is 0 Å². The van der Waals surface area contributed by atoms with Gasteiger partial charge in [0.1, 0.15) is 0 Å². The van der Waals surface area contributed by atoms with E-state index in [-0.39, 0.29) is 18.2 Å². The lowest BCUT2D eigenvalue weighted by atomic mass is 10.3. The Kier molecular flexibility index (Phi) is 2.10. The Labute approximate surface area is 66.4 Å². The third-order valence-electron chi connectivity index (χ3n) is 1.26. The molecule has 0 fully saturated rings. The SMILES string of the molecule is Cc1nc(C(F)(F)F)c(CN)o1. The average Bonchev–Trinajstić information content (AvgIpc) is 2.29. The average molecular weight is 180 g/mol. The van der Waals surface area contributed by atoms with E-state index in [4.69, 9.17) is 5.73 Å². The van der Waals surface area contributed by atoms with Gasteiger partial charge in [-0.2, -0.15) is 13.2 Å². The fourth-order valence-corrected chi connectivity index (χ4v) is 0.829. The van der Waals surface area contributed by atoms with E-state index in [1.807, 2.05) is 0 Å². The summed E-state index contributed by atoms with van der Waals surface area (Å²) in [7, 11) is 0. The van der Waals surface area contributed by atoms with Crippen molar-refractivity contribution in [2.75, 3.05) is 0 Å². The number of oxazole rings is 1. The van der Waals surface area contributed by atoms with Crippen LogP contribution in [-0.4, -0.2) is 4.98 Å². The molecule has 0 aliphatic rings. The molecular formula is C6H7F3N2O. The molecule has 0 unspecified atom stereocenters. The molecule has 0 atom stereocenters. The second-order valence-corrected chi connectivity index (χ2v) is 2.21. The zero-order valence-corrected chi connectivity index (χ0v) is 6.27. The number of aromatic nitrogens is 1. The van der Waals surface area contributed by atoms with Crippen molar-refractivity contribution in [3.8, 4) is 0 Å². The van der Waals surface area contributed by atoms with Crippen LogP contribution in [0.1, 0.15) is 17.3 Å². The maximum absolute atomic E-state index is 12.1. The molecule has 0 aliphatic heterocycles. The summed E-state index contributed by atoms with van der Waals surface area (Å²) in [5, 5.41) is 0. The van der Waals surface area contributed by atoms with Gasteiger partial charge in [-0.15, -0.1) is 0 Å². The van der Waals surface area contributed by atoms with Crippen molar-refractivity contribution in [3.05, 3.63) is 17.3 Å². The Hall–Kier alpha value is -1.04. The maximum Gasteiger partial charge on any atom is 0.436 e. The van der Waals surface area contributed by atoms with Gasteiger partial charge in [-0.3, -0.25) is 0 Å². The van der Waals surface area contributed by atoms with E-state index in [2.05, 4.69) is 9.40 Å². The molecule has 1 aromatic heterocycles. The summed E-state index contributed by atoms with van der Waals surface area (Å²) >= 11 is 0. The first-order valence-corrected chi connectivity index (χ1v) is 3.18. The molecule has 0 amide bonds. The molecular weight excluding hydrogens is 173 g/mol. The Morgan fingerprint density at radius 1 is 1.50 bits per heavy atom. The number of nitrogens with zero attached hydrogens (tertiary/aromatic N) is 1. The fourth-order valence-electron chi connectivity index (χ4n) is 0.829. The van der Waals surface area contributed by atoms with Crippen molar-refractivity contribution in [1.29, 1.82) is 0 Å². The molecule has 3 nitrogen and oxygen atoms in total. The molecule has 6 heteroatoms. The standard InChI is InChI=1S/C6H7F3N2O/c1-3-11-5(6(7,8)9)4(2-10)12-3/h2,10H2,1H3. The molecule has 0 radical (unpaired) electrons. The van der Waals surface area contributed by atoms with Crippen molar-refractivity contribution < 1.29 is 17.6 Å². The van der Waals surface area contributed by atoms with Gasteiger partial charge in [-0.1, -0.05) is 0 Å². The van der Waals surface area contributed by atoms with Gasteiger partial charge in [0.25, 0.3) is 0 Å². The topological polar surface area (TPSA) is 52.0 Å². The van der Waals surface area contributed by atoms with Crippen molar-refractivity contribution in [1.82, 2.24) is 4.98 Å². The smallest absolute Gasteiger partial charge is 0.436 e. The molecule has 68 valence electrons. The molecule has 1 rings (SSSR count). The van der Waals surface area contributed by atoms with Gasteiger partial charge in [0.15, 0.2) is 17.3 Å². The summed E-state index contributed by atoms with van der Waals surface area (Å²) in [6, 6.07) is 0. The second kappa shape index (κ2) is 2.78. The highest BCUT2D eigenvalue weighted by molar-refractivity contribution is 5.12. The number of aryl methyl sites for hydroxylation is 1. The Morgan fingerprint density at radius 3 is 2.42 bits per heavy atom. The van der Waals surface area contributed by atoms with Crippen LogP contribution in [0, 0.1) is 6.92 Å². The molecule has 0 aliphatic carbocycles. The summed E-state index contributed by atoms with van der Waals surface area (Å²) in [6.07, 6.45) is -4.48. The van der Waals surface area contributed by atoms with E-state index in [9.17, 15) is 13.2 Å². The maximum atomic E-state index is 12.1. The van der Waals surface area contributed by atoms with Crippen LogP contribution in [0.4, 0.5) is 13.2 Å². The van der Waals surface area contributed by atoms with Crippen LogP contribution in [0.2, 0.25) is 0 Å². The minimum absolute atomic E-state index is 0.0252. The zero-order chi connectivity index (χ0) is 9.35. The van der Waals surface area contributed by atoms with Crippen molar-refractivity contribution in [2.24, 2.45) is 5.73 Å². The summed E-state index contributed by atoms with van der Waals surface area (Å²) in [6.45, 7) is 1.05. The molecule has 2 N–H and O–H groups in total. The van der Waals surface area contributed by atoms with E-state index in [1.54, 1.807) is 0 Å². The predicted octanol–water partition coefficient (Wildman–Crippen LogP) is 1.46. The number of alkyl halides is 3. The minimum atomic E-state index is -4.48. The summed E-state index contributed by atoms with van der Waals surface area (Å²) in [4.78, 5) is 3.18. The van der Waals surface area contributed by atoms with E-state index in [0.29, 0.717) is 0 Å². The van der Waals surface area contributed by atoms with Gasteiger partial charge in [0, 0.05) is 6.92 Å². The van der Waals surface area contributed by atoms with E-state index in [1.165, 1.54) is 6.92 Å². The summed E-state index contributed by atoms with van der Waals surface area (Å²) in [5.41, 5.74) is 4.00. The second-order valence-electron chi connectivity index (χ2n) is 2.21. The lowest BCUT2D eigenvalue weighted by molar-refractivity contribution is -0.142. The highest BCUT2D eigenvalue weighted by Crippen LogP contribution is 2.31. The lowest BCUT2D eigenvalue weighted by Crippen LogP contribution is -2.10. The van der Waals surface area contributed by atoms with E-state index in [0.717, 1.165) is 0 Å². The Balaban J connectivity index is 3.13. The summed E-state index contributed by atoms with van der Waals surface area (Å²) in [5.74, 6) is -0.345. The number of nitrogens with two attached hydrogens (primary N) is 1. The van der Waals surface area contributed by atoms with E-state index < -0.39 is 11.9 Å². The van der Waals surface area contributed by atoms with Crippen LogP contribution in [0.15, 0.2) is 4.42 Å². The first kappa shape index (κ1) is 9.05. The molecule has 1 aromatic rings. The van der Waals surface area contributed by atoms with Gasteiger partial charge in [0.05, 0.1) is 6.54 Å². The van der Waals surface area contributed by atoms with Gasteiger partial charge >= 0.3 is 6.18 Å². The number of rotatable bonds is 1. The Morgan fingerprint density at radius 2 is 2.08 bits per heavy atom. The van der Waals surface area contributed by atoms with Crippen molar-refractivity contribution >= 4 is 0 Å². The van der Waals surface area contributed by atoms with Crippen molar-refractivity contribution in [2.45, 2.75) is 19.6 Å². The molecule has 0 spiro atoms. The zero-order valence-electron chi connectivity index (χ0n) is 6.27. The molecule has 12 heavy (non-hydrogen) atoms. The number of hydrogen-bond donors (Lipinski definition) is 1. The molecule has 0 bridgehead atoms. The van der Waals surface area contributed by atoms with Crippen LogP contribution in [0.5, 0.6) is 0 Å². The molecule has 0 saturated heterocycles. The quantitative estimate of drug-likeness (QED) is 0.711. The van der Waals surface area contributed by atoms with Gasteiger partial charge < -0.3 is 10.2 Å². The Bertz CT molecular complexity index is 279. The number of halogens is 3. The third kappa shape index (κ3) is 1.58. The minimum Gasteiger partial charge on any atom is -0.444 e. The fraction of sp³-hybridized carbons (Fsp3) is 0.500. The monoisotopic (exact) mass is 180 g/mol. The highest BCUT2D eigenvalue weighted by Gasteiger charge is 2.37. The van der Waals surface area contributed by atoms with Crippen molar-refractivity contribution in [3.63, 3.8) is 0 Å². The predicted molar refractivity (Wildman–Crippen MR) is 34.1 cm³/mol.